The molecule has 1 atom stereocenters. The van der Waals surface area contributed by atoms with Crippen LogP contribution in [0.1, 0.15) is 18.1 Å². The molecular weight excluding hydrogens is 357 g/mol. The van der Waals surface area contributed by atoms with E-state index >= 15 is 0 Å². The fourth-order valence-corrected chi connectivity index (χ4v) is 3.19. The summed E-state index contributed by atoms with van der Waals surface area (Å²) < 4.78 is 19.3. The zero-order valence-corrected chi connectivity index (χ0v) is 16.5. The lowest BCUT2D eigenvalue weighted by molar-refractivity contribution is 0.0529. The van der Waals surface area contributed by atoms with Gasteiger partial charge in [-0.25, -0.2) is 9.37 Å². The molecule has 1 aromatic heterocycles. The van der Waals surface area contributed by atoms with Crippen molar-refractivity contribution in [1.29, 1.82) is 0 Å². The van der Waals surface area contributed by atoms with Gasteiger partial charge in [-0.15, -0.1) is 0 Å². The molecule has 1 fully saturated rings. The Morgan fingerprint density at radius 3 is 2.96 bits per heavy atom. The molecule has 0 saturated carbocycles. The molecule has 1 unspecified atom stereocenters. The third-order valence-corrected chi connectivity index (χ3v) is 4.70. The quantitative estimate of drug-likeness (QED) is 0.590. The van der Waals surface area contributed by atoms with E-state index in [-0.39, 0.29) is 11.9 Å². The van der Waals surface area contributed by atoms with E-state index in [4.69, 9.17) is 4.74 Å². The fourth-order valence-electron chi connectivity index (χ4n) is 3.19. The molecule has 1 aliphatic rings. The molecule has 2 aromatic rings. The average Bonchev–Trinajstić information content (AvgIpc) is 2.72. The van der Waals surface area contributed by atoms with Crippen molar-refractivity contribution in [3.8, 4) is 0 Å². The first kappa shape index (κ1) is 20.1. The summed E-state index contributed by atoms with van der Waals surface area (Å²) in [5.74, 6) is 1.49. The van der Waals surface area contributed by atoms with Crippen molar-refractivity contribution in [2.24, 2.45) is 4.99 Å². The van der Waals surface area contributed by atoms with Gasteiger partial charge in [-0.05, 0) is 42.7 Å². The predicted molar refractivity (Wildman–Crippen MR) is 110 cm³/mol. The number of hydrogen-bond acceptors (Lipinski definition) is 4. The molecule has 3 rings (SSSR count). The molecule has 0 radical (unpaired) electrons. The van der Waals surface area contributed by atoms with Gasteiger partial charge in [0.25, 0.3) is 0 Å². The number of nitrogens with one attached hydrogen (secondary N) is 2. The third-order valence-electron chi connectivity index (χ3n) is 4.70. The van der Waals surface area contributed by atoms with Crippen LogP contribution in [0, 0.1) is 5.82 Å². The van der Waals surface area contributed by atoms with Crippen LogP contribution in [0.25, 0.3) is 0 Å². The number of benzene rings is 1. The Balaban J connectivity index is 1.49. The summed E-state index contributed by atoms with van der Waals surface area (Å²) in [4.78, 5) is 11.0. The first-order chi connectivity index (χ1) is 13.7. The van der Waals surface area contributed by atoms with Crippen LogP contribution in [0.2, 0.25) is 0 Å². The summed E-state index contributed by atoms with van der Waals surface area (Å²) in [6.07, 6.45) is 2.65. The van der Waals surface area contributed by atoms with E-state index in [0.717, 1.165) is 31.1 Å². The van der Waals surface area contributed by atoms with Crippen LogP contribution in [0.5, 0.6) is 0 Å². The van der Waals surface area contributed by atoms with Gasteiger partial charge in [-0.1, -0.05) is 18.2 Å². The number of ether oxygens (including phenoxy) is 1. The van der Waals surface area contributed by atoms with Crippen molar-refractivity contribution >= 4 is 11.8 Å². The third kappa shape index (κ3) is 5.66. The molecule has 0 spiro atoms. The zero-order valence-electron chi connectivity index (χ0n) is 16.5. The van der Waals surface area contributed by atoms with Crippen LogP contribution in [0.4, 0.5) is 10.2 Å². The Hall–Kier alpha value is -2.67. The topological polar surface area (TPSA) is 61.8 Å². The summed E-state index contributed by atoms with van der Waals surface area (Å²) >= 11 is 0. The summed E-state index contributed by atoms with van der Waals surface area (Å²) in [5.41, 5.74) is 1.82. The second-order valence-corrected chi connectivity index (χ2v) is 6.84. The Labute approximate surface area is 165 Å². The van der Waals surface area contributed by atoms with E-state index in [2.05, 4.69) is 38.5 Å². The normalized spacial score (nSPS) is 17.5. The maximum atomic E-state index is 13.7. The smallest absolute Gasteiger partial charge is 0.191 e. The molecule has 0 bridgehead atoms. The molecule has 1 aromatic carbocycles. The molecule has 6 nitrogen and oxygen atoms in total. The number of nitrogens with zero attached hydrogens (tertiary/aromatic N) is 3. The van der Waals surface area contributed by atoms with Crippen molar-refractivity contribution in [3.63, 3.8) is 0 Å². The largest absolute Gasteiger partial charge is 0.375 e. The van der Waals surface area contributed by atoms with Gasteiger partial charge < -0.3 is 20.3 Å². The maximum Gasteiger partial charge on any atom is 0.191 e. The van der Waals surface area contributed by atoms with Gasteiger partial charge in [-0.3, -0.25) is 4.99 Å². The van der Waals surface area contributed by atoms with Crippen LogP contribution in [-0.4, -0.2) is 50.3 Å². The Bertz CT molecular complexity index is 798. The molecule has 2 N–H and O–H groups in total. The standard InChI is InChI=1S/C21H28FN5O/c1-16-15-27(11-12-28-16)20-13-17(7-9-24-20)14-26-21(23-2)25-10-8-18-5-3-4-6-19(18)22/h3-7,9,13,16H,8,10-12,14-15H2,1-2H3,(H2,23,25,26). The van der Waals surface area contributed by atoms with Crippen molar-refractivity contribution in [2.45, 2.75) is 26.0 Å². The minimum Gasteiger partial charge on any atom is -0.375 e. The minimum atomic E-state index is -0.172. The van der Waals surface area contributed by atoms with Gasteiger partial charge in [-0.2, -0.15) is 0 Å². The molecule has 7 heteroatoms. The number of aliphatic imine (C=N–C) groups is 1. The van der Waals surface area contributed by atoms with E-state index in [1.54, 1.807) is 19.2 Å². The Morgan fingerprint density at radius 1 is 1.32 bits per heavy atom. The Morgan fingerprint density at radius 2 is 2.18 bits per heavy atom. The van der Waals surface area contributed by atoms with Gasteiger partial charge in [0, 0.05) is 39.4 Å². The van der Waals surface area contributed by atoms with Crippen molar-refractivity contribution in [2.75, 3.05) is 38.2 Å². The highest BCUT2D eigenvalue weighted by molar-refractivity contribution is 5.79. The highest BCUT2D eigenvalue weighted by atomic mass is 19.1. The number of halogens is 1. The molecule has 0 aliphatic carbocycles. The van der Waals surface area contributed by atoms with E-state index in [0.29, 0.717) is 31.0 Å². The van der Waals surface area contributed by atoms with Gasteiger partial charge in [0.2, 0.25) is 0 Å². The first-order valence-electron chi connectivity index (χ1n) is 9.65. The van der Waals surface area contributed by atoms with Gasteiger partial charge in [0.1, 0.15) is 11.6 Å². The lowest BCUT2D eigenvalue weighted by atomic mass is 10.1. The number of guanidine groups is 1. The van der Waals surface area contributed by atoms with Crippen LogP contribution in [0.15, 0.2) is 47.6 Å². The molecule has 1 aliphatic heterocycles. The minimum absolute atomic E-state index is 0.172. The summed E-state index contributed by atoms with van der Waals surface area (Å²) in [7, 11) is 1.73. The van der Waals surface area contributed by atoms with Crippen LogP contribution < -0.4 is 15.5 Å². The summed E-state index contributed by atoms with van der Waals surface area (Å²) in [6.45, 7) is 5.75. The van der Waals surface area contributed by atoms with Gasteiger partial charge in [0.05, 0.1) is 12.7 Å². The van der Waals surface area contributed by atoms with Crippen LogP contribution >= 0.6 is 0 Å². The number of aromatic nitrogens is 1. The summed E-state index contributed by atoms with van der Waals surface area (Å²) in [6, 6.07) is 10.9. The highest BCUT2D eigenvalue weighted by Crippen LogP contribution is 2.16. The van der Waals surface area contributed by atoms with Crippen LogP contribution in [0.3, 0.4) is 0 Å². The zero-order chi connectivity index (χ0) is 19.8. The lowest BCUT2D eigenvalue weighted by Crippen LogP contribution is -2.41. The van der Waals surface area contributed by atoms with Crippen molar-refractivity contribution in [1.82, 2.24) is 15.6 Å². The molecule has 1 saturated heterocycles. The number of anilines is 1. The van der Waals surface area contributed by atoms with E-state index in [1.165, 1.54) is 6.07 Å². The monoisotopic (exact) mass is 385 g/mol. The van der Waals surface area contributed by atoms with E-state index in [9.17, 15) is 4.39 Å². The van der Waals surface area contributed by atoms with Crippen molar-refractivity contribution < 1.29 is 9.13 Å². The lowest BCUT2D eigenvalue weighted by Gasteiger charge is -2.32. The molecule has 28 heavy (non-hydrogen) atoms. The van der Waals surface area contributed by atoms with Crippen LogP contribution in [-0.2, 0) is 17.7 Å². The first-order valence-corrected chi connectivity index (χ1v) is 9.65. The van der Waals surface area contributed by atoms with Crippen molar-refractivity contribution in [3.05, 3.63) is 59.5 Å². The maximum absolute atomic E-state index is 13.7. The van der Waals surface area contributed by atoms with E-state index < -0.39 is 0 Å². The van der Waals surface area contributed by atoms with Gasteiger partial charge >= 0.3 is 0 Å². The van der Waals surface area contributed by atoms with E-state index in [1.807, 2.05) is 18.3 Å². The summed E-state index contributed by atoms with van der Waals surface area (Å²) in [5, 5.41) is 6.53. The predicted octanol–water partition coefficient (Wildman–Crippen LogP) is 2.35. The molecule has 150 valence electrons. The number of hydrogen-bond donors (Lipinski definition) is 2. The SMILES string of the molecule is CN=C(NCCc1ccccc1F)NCc1ccnc(N2CCOC(C)C2)c1. The Kier molecular flexibility index (Phi) is 7.19. The molecule has 2 heterocycles. The number of pyridine rings is 1. The number of morpholine rings is 1. The van der Waals surface area contributed by atoms with Gasteiger partial charge in [0.15, 0.2) is 5.96 Å². The molecular formula is C21H28FN5O. The second kappa shape index (κ2) is 10.0. The average molecular weight is 385 g/mol. The number of rotatable bonds is 6. The molecule has 0 amide bonds. The second-order valence-electron chi connectivity index (χ2n) is 6.84. The fraction of sp³-hybridized carbons (Fsp3) is 0.429. The highest BCUT2D eigenvalue weighted by Gasteiger charge is 2.18.